The topological polar surface area (TPSA) is 113 Å². The monoisotopic (exact) mass is 458 g/mol. The van der Waals surface area contributed by atoms with Crippen molar-refractivity contribution in [2.75, 3.05) is 13.1 Å². The van der Waals surface area contributed by atoms with Crippen LogP contribution in [0.2, 0.25) is 0 Å². The summed E-state index contributed by atoms with van der Waals surface area (Å²) in [6.45, 7) is 8.16. The highest BCUT2D eigenvalue weighted by Gasteiger charge is 2.14. The van der Waals surface area contributed by atoms with E-state index in [9.17, 15) is 9.59 Å². The van der Waals surface area contributed by atoms with Crippen molar-refractivity contribution >= 4 is 11.9 Å². The standard InChI is InChI=1S/C15H31NO2.C11H23NO2/c1-2-3-4-5-6-7-8-9-10-11-13-16-14-12-15(17)18;1-3-5-6-9(4-2)7-8-10(12)11(13)14/h16H,2-14H2,1H3,(H,17,18);9-10H,3-8,12H2,1-2H3,(H,13,14). The first kappa shape index (κ1) is 33.0. The molecule has 0 aromatic heterocycles. The van der Waals surface area contributed by atoms with Crippen LogP contribution in [0.25, 0.3) is 0 Å². The van der Waals surface area contributed by atoms with Crippen LogP contribution in [0.1, 0.15) is 130 Å². The SMILES string of the molecule is CCCCC(CC)CCC(N)C(=O)O.CCCCCCCCCCCCNCCC(=O)O. The van der Waals surface area contributed by atoms with Crippen LogP contribution < -0.4 is 11.1 Å². The minimum absolute atomic E-state index is 0.234. The van der Waals surface area contributed by atoms with Crippen molar-refractivity contribution in [3.05, 3.63) is 0 Å². The lowest BCUT2D eigenvalue weighted by molar-refractivity contribution is -0.139. The zero-order valence-corrected chi connectivity index (χ0v) is 21.4. The lowest BCUT2D eigenvalue weighted by atomic mass is 9.93. The third-order valence-electron chi connectivity index (χ3n) is 5.97. The highest BCUT2D eigenvalue weighted by atomic mass is 16.4. The molecule has 2 atom stereocenters. The quantitative estimate of drug-likeness (QED) is 0.140. The first-order valence-electron chi connectivity index (χ1n) is 13.3. The first-order valence-corrected chi connectivity index (χ1v) is 13.3. The summed E-state index contributed by atoms with van der Waals surface area (Å²) in [4.78, 5) is 20.7. The fraction of sp³-hybridized carbons (Fsp3) is 0.923. The van der Waals surface area contributed by atoms with E-state index in [0.29, 0.717) is 18.9 Å². The molecule has 32 heavy (non-hydrogen) atoms. The van der Waals surface area contributed by atoms with Crippen LogP contribution in [0.5, 0.6) is 0 Å². The van der Waals surface area contributed by atoms with Crippen LogP contribution in [0.3, 0.4) is 0 Å². The fourth-order valence-corrected chi connectivity index (χ4v) is 3.64. The molecule has 0 spiro atoms. The van der Waals surface area contributed by atoms with Crippen molar-refractivity contribution in [3.63, 3.8) is 0 Å². The molecule has 0 aliphatic heterocycles. The Morgan fingerprint density at radius 1 is 0.719 bits per heavy atom. The maximum absolute atomic E-state index is 10.5. The number of nitrogens with two attached hydrogens (primary N) is 1. The molecule has 6 nitrogen and oxygen atoms in total. The summed E-state index contributed by atoms with van der Waals surface area (Å²) in [5.74, 6) is -0.943. The van der Waals surface area contributed by atoms with Gasteiger partial charge >= 0.3 is 11.9 Å². The van der Waals surface area contributed by atoms with Gasteiger partial charge in [0.25, 0.3) is 0 Å². The third kappa shape index (κ3) is 26.9. The maximum Gasteiger partial charge on any atom is 0.320 e. The van der Waals surface area contributed by atoms with E-state index in [1.807, 2.05) is 0 Å². The Morgan fingerprint density at radius 3 is 1.72 bits per heavy atom. The van der Waals surface area contributed by atoms with Gasteiger partial charge in [-0.3, -0.25) is 9.59 Å². The maximum atomic E-state index is 10.5. The van der Waals surface area contributed by atoms with Gasteiger partial charge in [0.1, 0.15) is 6.04 Å². The van der Waals surface area contributed by atoms with Crippen LogP contribution in [0.4, 0.5) is 0 Å². The highest BCUT2D eigenvalue weighted by molar-refractivity contribution is 5.72. The van der Waals surface area contributed by atoms with E-state index in [1.165, 1.54) is 83.5 Å². The molecule has 6 heteroatoms. The smallest absolute Gasteiger partial charge is 0.320 e. The molecule has 192 valence electrons. The molecule has 0 amide bonds. The number of carboxylic acid groups (broad SMARTS) is 2. The number of hydrogen-bond acceptors (Lipinski definition) is 4. The minimum atomic E-state index is -0.879. The van der Waals surface area contributed by atoms with Gasteiger partial charge in [-0.15, -0.1) is 0 Å². The number of carboxylic acids is 2. The van der Waals surface area contributed by atoms with E-state index < -0.39 is 18.0 Å². The van der Waals surface area contributed by atoms with Gasteiger partial charge in [0.15, 0.2) is 0 Å². The molecule has 0 heterocycles. The van der Waals surface area contributed by atoms with Crippen molar-refractivity contribution in [1.29, 1.82) is 0 Å². The zero-order valence-electron chi connectivity index (χ0n) is 21.4. The van der Waals surface area contributed by atoms with Crippen LogP contribution in [0.15, 0.2) is 0 Å². The number of aliphatic carboxylic acids is 2. The van der Waals surface area contributed by atoms with E-state index in [2.05, 4.69) is 26.1 Å². The molecule has 0 aliphatic carbocycles. The Balaban J connectivity index is 0. The van der Waals surface area contributed by atoms with E-state index in [4.69, 9.17) is 15.9 Å². The molecule has 0 aromatic rings. The minimum Gasteiger partial charge on any atom is -0.481 e. The van der Waals surface area contributed by atoms with Crippen LogP contribution in [-0.2, 0) is 9.59 Å². The van der Waals surface area contributed by atoms with Crippen LogP contribution in [-0.4, -0.2) is 41.3 Å². The molecular formula is C26H54N2O4. The molecule has 2 unspecified atom stereocenters. The first-order chi connectivity index (χ1) is 15.4. The van der Waals surface area contributed by atoms with Crippen molar-refractivity contribution in [3.8, 4) is 0 Å². The van der Waals surface area contributed by atoms with Gasteiger partial charge in [-0.25, -0.2) is 0 Å². The molecule has 0 saturated carbocycles. The second-order valence-corrected chi connectivity index (χ2v) is 9.01. The molecule has 0 fully saturated rings. The van der Waals surface area contributed by atoms with Crippen molar-refractivity contribution in [1.82, 2.24) is 5.32 Å². The Hall–Kier alpha value is -1.14. The average molecular weight is 459 g/mol. The second-order valence-electron chi connectivity index (χ2n) is 9.01. The summed E-state index contributed by atoms with van der Waals surface area (Å²) in [7, 11) is 0. The fourth-order valence-electron chi connectivity index (χ4n) is 3.64. The van der Waals surface area contributed by atoms with E-state index >= 15 is 0 Å². The van der Waals surface area contributed by atoms with Crippen LogP contribution in [0, 0.1) is 5.92 Å². The van der Waals surface area contributed by atoms with Crippen molar-refractivity contribution in [2.45, 2.75) is 136 Å². The molecule has 0 bridgehead atoms. The highest BCUT2D eigenvalue weighted by Crippen LogP contribution is 2.19. The molecule has 0 saturated heterocycles. The summed E-state index contributed by atoms with van der Waals surface area (Å²) in [6, 6.07) is -0.675. The Kier molecular flexibility index (Phi) is 27.0. The molecule has 0 radical (unpaired) electrons. The van der Waals surface area contributed by atoms with Crippen molar-refractivity contribution in [2.24, 2.45) is 11.7 Å². The van der Waals surface area contributed by atoms with E-state index in [-0.39, 0.29) is 6.42 Å². The van der Waals surface area contributed by atoms with Gasteiger partial charge in [-0.2, -0.15) is 0 Å². The van der Waals surface area contributed by atoms with Crippen LogP contribution >= 0.6 is 0 Å². The summed E-state index contributed by atoms with van der Waals surface area (Å²) in [5.41, 5.74) is 5.45. The molecule has 0 aromatic carbocycles. The van der Waals surface area contributed by atoms with Crippen molar-refractivity contribution < 1.29 is 19.8 Å². The number of nitrogens with one attached hydrogen (secondary N) is 1. The normalized spacial score (nSPS) is 12.6. The van der Waals surface area contributed by atoms with Gasteiger partial charge in [-0.05, 0) is 31.7 Å². The predicted molar refractivity (Wildman–Crippen MR) is 135 cm³/mol. The summed E-state index contributed by atoms with van der Waals surface area (Å²) in [5, 5.41) is 20.2. The summed E-state index contributed by atoms with van der Waals surface area (Å²) < 4.78 is 0. The summed E-state index contributed by atoms with van der Waals surface area (Å²) >= 11 is 0. The van der Waals surface area contributed by atoms with E-state index in [0.717, 1.165) is 19.4 Å². The van der Waals surface area contributed by atoms with Gasteiger partial charge in [0.2, 0.25) is 0 Å². The number of carbonyl (C=O) groups is 2. The van der Waals surface area contributed by atoms with Gasteiger partial charge in [0.05, 0.1) is 6.42 Å². The number of unbranched alkanes of at least 4 members (excludes halogenated alkanes) is 10. The molecule has 0 aliphatic rings. The predicted octanol–water partition coefficient (Wildman–Crippen LogP) is 6.37. The second kappa shape index (κ2) is 26.1. The Labute approximate surface area is 198 Å². The van der Waals surface area contributed by atoms with Gasteiger partial charge in [0, 0.05) is 6.54 Å². The Morgan fingerprint density at radius 2 is 1.25 bits per heavy atom. The lowest BCUT2D eigenvalue weighted by Gasteiger charge is -2.15. The molecule has 5 N–H and O–H groups in total. The third-order valence-corrected chi connectivity index (χ3v) is 5.97. The number of hydrogen-bond donors (Lipinski definition) is 4. The largest absolute Gasteiger partial charge is 0.481 e. The van der Waals surface area contributed by atoms with Gasteiger partial charge in [-0.1, -0.05) is 104 Å². The summed E-state index contributed by atoms with van der Waals surface area (Å²) in [6.07, 6.45) is 20.0. The Bertz CT molecular complexity index is 419. The average Bonchev–Trinajstić information content (AvgIpc) is 2.77. The lowest BCUT2D eigenvalue weighted by Crippen LogP contribution is -2.30. The van der Waals surface area contributed by atoms with Gasteiger partial charge < -0.3 is 21.3 Å². The molecule has 0 rings (SSSR count). The molecular weight excluding hydrogens is 404 g/mol. The van der Waals surface area contributed by atoms with E-state index in [1.54, 1.807) is 0 Å². The number of rotatable bonds is 22. The zero-order chi connectivity index (χ0) is 24.5.